The monoisotopic (exact) mass is 484 g/mol. The molecule has 0 bridgehead atoms. The third-order valence-electron chi connectivity index (χ3n) is 5.10. The number of aromatic nitrogens is 1. The highest BCUT2D eigenvalue weighted by molar-refractivity contribution is 7.10. The van der Waals surface area contributed by atoms with E-state index in [2.05, 4.69) is 4.99 Å². The first-order valence-corrected chi connectivity index (χ1v) is 12.0. The third kappa shape index (κ3) is 4.38. The van der Waals surface area contributed by atoms with Gasteiger partial charge >= 0.3 is 5.97 Å². The summed E-state index contributed by atoms with van der Waals surface area (Å²) >= 11 is 2.77. The molecule has 4 rings (SSSR count). The molecular formula is C24H24N2O5S2. The zero-order valence-electron chi connectivity index (χ0n) is 18.9. The van der Waals surface area contributed by atoms with E-state index < -0.39 is 12.0 Å². The first-order valence-electron chi connectivity index (χ1n) is 10.3. The van der Waals surface area contributed by atoms with Gasteiger partial charge in [0.1, 0.15) is 6.04 Å². The Bertz CT molecular complexity index is 1400. The summed E-state index contributed by atoms with van der Waals surface area (Å²) in [7, 11) is 3.14. The largest absolute Gasteiger partial charge is 0.493 e. The molecule has 0 aliphatic carbocycles. The molecule has 1 aromatic carbocycles. The average Bonchev–Trinajstić information content (AvgIpc) is 3.41. The number of esters is 1. The molecule has 3 heterocycles. The van der Waals surface area contributed by atoms with Crippen molar-refractivity contribution in [3.63, 3.8) is 0 Å². The van der Waals surface area contributed by atoms with Gasteiger partial charge in [0.15, 0.2) is 16.3 Å². The molecular weight excluding hydrogens is 460 g/mol. The van der Waals surface area contributed by atoms with Crippen LogP contribution in [0.3, 0.4) is 0 Å². The smallest absolute Gasteiger partial charge is 0.338 e. The van der Waals surface area contributed by atoms with Gasteiger partial charge in [0.25, 0.3) is 5.56 Å². The lowest BCUT2D eigenvalue weighted by Gasteiger charge is -2.24. The van der Waals surface area contributed by atoms with Gasteiger partial charge in [-0.1, -0.05) is 23.5 Å². The van der Waals surface area contributed by atoms with Crippen LogP contribution in [0.4, 0.5) is 0 Å². The fourth-order valence-electron chi connectivity index (χ4n) is 3.67. The van der Waals surface area contributed by atoms with Gasteiger partial charge in [0.2, 0.25) is 0 Å². The van der Waals surface area contributed by atoms with Crippen LogP contribution in [0.1, 0.15) is 37.3 Å². The highest BCUT2D eigenvalue weighted by Gasteiger charge is 2.34. The van der Waals surface area contributed by atoms with Gasteiger partial charge in [0.05, 0.1) is 36.1 Å². The van der Waals surface area contributed by atoms with Crippen LogP contribution < -0.4 is 24.4 Å². The lowest BCUT2D eigenvalue weighted by Crippen LogP contribution is -2.39. The number of hydrogen-bond acceptors (Lipinski definition) is 8. The fraction of sp³-hybridized carbons (Fsp3) is 0.292. The predicted octanol–water partition coefficient (Wildman–Crippen LogP) is 3.27. The second kappa shape index (κ2) is 9.36. The van der Waals surface area contributed by atoms with Crippen LogP contribution >= 0.6 is 22.7 Å². The van der Waals surface area contributed by atoms with Gasteiger partial charge in [-0.25, -0.2) is 9.79 Å². The van der Waals surface area contributed by atoms with Crippen LogP contribution in [0.2, 0.25) is 0 Å². The molecule has 7 nitrogen and oxygen atoms in total. The number of thiophene rings is 1. The van der Waals surface area contributed by atoms with Crippen LogP contribution in [0.5, 0.6) is 11.5 Å². The maximum absolute atomic E-state index is 13.6. The van der Waals surface area contributed by atoms with E-state index in [0.717, 1.165) is 10.4 Å². The number of thiazole rings is 1. The summed E-state index contributed by atoms with van der Waals surface area (Å²) < 4.78 is 18.3. The summed E-state index contributed by atoms with van der Waals surface area (Å²) in [5, 5.41) is 1.93. The van der Waals surface area contributed by atoms with Crippen molar-refractivity contribution in [3.8, 4) is 11.5 Å². The molecule has 0 unspecified atom stereocenters. The first kappa shape index (κ1) is 23.0. The molecule has 0 saturated heterocycles. The number of rotatable bonds is 6. The molecule has 0 N–H and O–H groups in total. The summed E-state index contributed by atoms with van der Waals surface area (Å²) in [6.07, 6.45) is 1.51. The van der Waals surface area contributed by atoms with E-state index in [0.29, 0.717) is 32.1 Å². The van der Waals surface area contributed by atoms with Crippen LogP contribution in [0.15, 0.2) is 56.8 Å². The van der Waals surface area contributed by atoms with Gasteiger partial charge in [-0.3, -0.25) is 9.36 Å². The highest BCUT2D eigenvalue weighted by Crippen LogP contribution is 2.33. The summed E-state index contributed by atoms with van der Waals surface area (Å²) in [5.74, 6) is 0.724. The van der Waals surface area contributed by atoms with Gasteiger partial charge in [0, 0.05) is 4.88 Å². The van der Waals surface area contributed by atoms with Gasteiger partial charge in [-0.2, -0.15) is 0 Å². The van der Waals surface area contributed by atoms with Gasteiger partial charge in [-0.15, -0.1) is 11.3 Å². The van der Waals surface area contributed by atoms with E-state index in [9.17, 15) is 9.59 Å². The number of ether oxygens (including phenoxy) is 3. The standard InChI is InChI=1S/C24H24N2O5S2/c1-13(2)31-23(28)20-14(3)25-24-26(21(20)18-7-6-10-32-18)22(27)19(33-24)12-15-8-9-16(29-4)17(11-15)30-5/h6-13,21H,1-5H3/b19-12+/t21-/m0/s1. The number of hydrogen-bond donors (Lipinski definition) is 0. The normalized spacial score (nSPS) is 15.9. The van der Waals surface area contributed by atoms with Crippen LogP contribution in [0.25, 0.3) is 6.08 Å². The zero-order valence-corrected chi connectivity index (χ0v) is 20.6. The molecule has 1 aliphatic rings. The molecule has 2 aromatic heterocycles. The van der Waals surface area contributed by atoms with Crippen molar-refractivity contribution in [2.45, 2.75) is 32.9 Å². The summed E-state index contributed by atoms with van der Waals surface area (Å²) in [6, 6.07) is 8.69. The first-order chi connectivity index (χ1) is 15.8. The Hall–Kier alpha value is -3.17. The van der Waals surface area contributed by atoms with Gasteiger partial charge < -0.3 is 14.2 Å². The number of methoxy groups -OCH3 is 2. The highest BCUT2D eigenvalue weighted by atomic mass is 32.1. The quantitative estimate of drug-likeness (QED) is 0.502. The fourth-order valence-corrected chi connectivity index (χ4v) is 5.54. The van der Waals surface area contributed by atoms with E-state index in [1.807, 2.05) is 29.6 Å². The van der Waals surface area contributed by atoms with E-state index in [1.165, 1.54) is 22.7 Å². The Morgan fingerprint density at radius 1 is 1.18 bits per heavy atom. The molecule has 0 fully saturated rings. The summed E-state index contributed by atoms with van der Waals surface area (Å²) in [6.45, 7) is 5.38. The minimum Gasteiger partial charge on any atom is -0.493 e. The molecule has 0 amide bonds. The second-order valence-corrected chi connectivity index (χ2v) is 9.65. The number of carbonyl (C=O) groups is 1. The number of nitrogens with zero attached hydrogens (tertiary/aromatic N) is 2. The lowest BCUT2D eigenvalue weighted by molar-refractivity contribution is -0.143. The van der Waals surface area contributed by atoms with Crippen molar-refractivity contribution in [1.29, 1.82) is 0 Å². The molecule has 0 spiro atoms. The zero-order chi connectivity index (χ0) is 23.7. The Morgan fingerprint density at radius 2 is 1.94 bits per heavy atom. The SMILES string of the molecule is COc1ccc(/C=c2/sc3n(c2=O)[C@@H](c2cccs2)C(C(=O)OC(C)C)=C(C)N=3)cc1OC. The summed E-state index contributed by atoms with van der Waals surface area (Å²) in [4.78, 5) is 32.6. The summed E-state index contributed by atoms with van der Waals surface area (Å²) in [5.41, 5.74) is 1.52. The molecule has 0 saturated carbocycles. The van der Waals surface area contributed by atoms with Gasteiger partial charge in [-0.05, 0) is 56.0 Å². The molecule has 9 heteroatoms. The average molecular weight is 485 g/mol. The van der Waals surface area contributed by atoms with Crippen LogP contribution in [-0.4, -0.2) is 30.9 Å². The Balaban J connectivity index is 1.89. The molecule has 1 aliphatic heterocycles. The van der Waals surface area contributed by atoms with Crippen molar-refractivity contribution in [3.05, 3.63) is 77.1 Å². The van der Waals surface area contributed by atoms with Crippen LogP contribution in [-0.2, 0) is 9.53 Å². The molecule has 3 aromatic rings. The second-order valence-electron chi connectivity index (χ2n) is 7.67. The number of benzene rings is 1. The minimum atomic E-state index is -0.583. The molecule has 172 valence electrons. The molecule has 33 heavy (non-hydrogen) atoms. The Labute approximate surface area is 198 Å². The maximum atomic E-state index is 13.6. The topological polar surface area (TPSA) is 79.1 Å². The maximum Gasteiger partial charge on any atom is 0.338 e. The van der Waals surface area contributed by atoms with Crippen molar-refractivity contribution in [2.24, 2.45) is 4.99 Å². The molecule has 1 atom stereocenters. The van der Waals surface area contributed by atoms with Crippen molar-refractivity contribution in [2.75, 3.05) is 14.2 Å². The number of carbonyl (C=O) groups excluding carboxylic acids is 1. The predicted molar refractivity (Wildman–Crippen MR) is 129 cm³/mol. The number of allylic oxidation sites excluding steroid dienone is 1. The number of fused-ring (bicyclic) bond motifs is 1. The van der Waals surface area contributed by atoms with Crippen molar-refractivity contribution >= 4 is 34.7 Å². The van der Waals surface area contributed by atoms with E-state index in [1.54, 1.807) is 51.7 Å². The Morgan fingerprint density at radius 3 is 2.58 bits per heavy atom. The van der Waals surface area contributed by atoms with E-state index in [-0.39, 0.29) is 11.7 Å². The van der Waals surface area contributed by atoms with E-state index >= 15 is 0 Å². The minimum absolute atomic E-state index is 0.214. The van der Waals surface area contributed by atoms with Crippen molar-refractivity contribution < 1.29 is 19.0 Å². The van der Waals surface area contributed by atoms with Crippen LogP contribution in [0, 0.1) is 0 Å². The lowest BCUT2D eigenvalue weighted by atomic mass is 10.0. The van der Waals surface area contributed by atoms with E-state index in [4.69, 9.17) is 14.2 Å². The van der Waals surface area contributed by atoms with Crippen molar-refractivity contribution in [1.82, 2.24) is 4.57 Å². The third-order valence-corrected chi connectivity index (χ3v) is 7.01. The molecule has 0 radical (unpaired) electrons. The Kier molecular flexibility index (Phi) is 6.53.